The van der Waals surface area contributed by atoms with Gasteiger partial charge in [0.1, 0.15) is 17.3 Å². The van der Waals surface area contributed by atoms with E-state index in [2.05, 4.69) is 72.8 Å². The van der Waals surface area contributed by atoms with E-state index >= 15 is 0 Å². The molecule has 0 aliphatic heterocycles. The van der Waals surface area contributed by atoms with Crippen molar-refractivity contribution in [3.8, 4) is 23.0 Å². The molecule has 1 heterocycles. The van der Waals surface area contributed by atoms with Crippen LogP contribution < -0.4 is 10.1 Å². The Kier molecular flexibility index (Phi) is 8.00. The lowest BCUT2D eigenvalue weighted by Gasteiger charge is -2.27. The highest BCUT2D eigenvalue weighted by Gasteiger charge is 2.28. The predicted molar refractivity (Wildman–Crippen MR) is 143 cm³/mol. The molecule has 0 aliphatic carbocycles. The Bertz CT molecular complexity index is 1090. The van der Waals surface area contributed by atoms with Crippen molar-refractivity contribution in [2.75, 3.05) is 6.61 Å². The topological polar surface area (TPSA) is 67.5 Å². The van der Waals surface area contributed by atoms with Gasteiger partial charge in [0.2, 0.25) is 5.89 Å². The molecular weight excluding hydrogens is 436 g/mol. The fraction of sp³-hybridized carbons (Fsp3) is 0.500. The SMILES string of the molecule is Cc1oc(-c2cc(C(C)(C)C)c(O)c(C(C)(C)C)c2)nc1CCOc1ccc(CNC(C)C)cc1. The molecule has 0 radical (unpaired) electrons. The van der Waals surface area contributed by atoms with Crippen LogP contribution in [-0.4, -0.2) is 22.7 Å². The summed E-state index contributed by atoms with van der Waals surface area (Å²) in [6, 6.07) is 12.7. The Balaban J connectivity index is 1.75. The summed E-state index contributed by atoms with van der Waals surface area (Å²) < 4.78 is 12.1. The van der Waals surface area contributed by atoms with Crippen LogP contribution in [0.2, 0.25) is 0 Å². The van der Waals surface area contributed by atoms with Gasteiger partial charge in [-0.05, 0) is 47.6 Å². The first-order valence-corrected chi connectivity index (χ1v) is 12.6. The van der Waals surface area contributed by atoms with Gasteiger partial charge in [-0.15, -0.1) is 0 Å². The van der Waals surface area contributed by atoms with E-state index in [1.54, 1.807) is 0 Å². The molecule has 2 N–H and O–H groups in total. The second-order valence-electron chi connectivity index (χ2n) is 11.7. The summed E-state index contributed by atoms with van der Waals surface area (Å²) in [4.78, 5) is 4.81. The van der Waals surface area contributed by atoms with Gasteiger partial charge in [0.05, 0.1) is 12.3 Å². The number of hydrogen-bond donors (Lipinski definition) is 2. The van der Waals surface area contributed by atoms with Gasteiger partial charge in [0, 0.05) is 35.7 Å². The molecule has 35 heavy (non-hydrogen) atoms. The molecule has 0 amide bonds. The van der Waals surface area contributed by atoms with Crippen molar-refractivity contribution >= 4 is 0 Å². The van der Waals surface area contributed by atoms with E-state index in [1.165, 1.54) is 5.56 Å². The summed E-state index contributed by atoms with van der Waals surface area (Å²) in [6.45, 7) is 20.2. The van der Waals surface area contributed by atoms with E-state index in [9.17, 15) is 5.11 Å². The standard InChI is InChI=1S/C30H42N2O3/c1-19(2)31-18-21-10-12-23(13-11-21)34-15-14-26-20(3)35-28(32-26)22-16-24(29(4,5)6)27(33)25(17-22)30(7,8)9/h10-13,16-17,19,31,33H,14-15,18H2,1-9H3. The lowest BCUT2D eigenvalue weighted by molar-refractivity contribution is 0.320. The fourth-order valence-electron chi connectivity index (χ4n) is 3.98. The van der Waals surface area contributed by atoms with Crippen molar-refractivity contribution in [1.29, 1.82) is 0 Å². The van der Waals surface area contributed by atoms with Crippen molar-refractivity contribution in [2.45, 2.75) is 92.2 Å². The molecule has 0 atom stereocenters. The highest BCUT2D eigenvalue weighted by molar-refractivity contribution is 5.63. The summed E-state index contributed by atoms with van der Waals surface area (Å²) >= 11 is 0. The molecule has 3 aromatic rings. The van der Waals surface area contributed by atoms with Crippen molar-refractivity contribution in [3.63, 3.8) is 0 Å². The Morgan fingerprint density at radius 3 is 2.06 bits per heavy atom. The molecule has 190 valence electrons. The second kappa shape index (κ2) is 10.4. The fourth-order valence-corrected chi connectivity index (χ4v) is 3.98. The third-order valence-electron chi connectivity index (χ3n) is 6.11. The van der Waals surface area contributed by atoms with Crippen LogP contribution >= 0.6 is 0 Å². The first-order chi connectivity index (χ1) is 16.3. The van der Waals surface area contributed by atoms with E-state index in [4.69, 9.17) is 14.1 Å². The normalized spacial score (nSPS) is 12.4. The summed E-state index contributed by atoms with van der Waals surface area (Å²) in [7, 11) is 0. The summed E-state index contributed by atoms with van der Waals surface area (Å²) in [5, 5.41) is 14.4. The van der Waals surface area contributed by atoms with E-state index < -0.39 is 0 Å². The molecule has 3 rings (SSSR count). The molecule has 0 aliphatic rings. The molecule has 1 aromatic heterocycles. The van der Waals surface area contributed by atoms with Gasteiger partial charge in [-0.25, -0.2) is 4.98 Å². The predicted octanol–water partition coefficient (Wildman–Crippen LogP) is 7.07. The van der Waals surface area contributed by atoms with Crippen LogP contribution in [0.1, 0.15) is 83.5 Å². The zero-order chi connectivity index (χ0) is 26.0. The van der Waals surface area contributed by atoms with Crippen LogP contribution in [0, 0.1) is 6.92 Å². The Hall–Kier alpha value is -2.79. The van der Waals surface area contributed by atoms with Crippen LogP contribution in [0.4, 0.5) is 0 Å². The number of phenolic OH excluding ortho intramolecular Hbond substituents is 1. The van der Waals surface area contributed by atoms with Crippen LogP contribution in [0.25, 0.3) is 11.5 Å². The Morgan fingerprint density at radius 2 is 1.54 bits per heavy atom. The monoisotopic (exact) mass is 478 g/mol. The van der Waals surface area contributed by atoms with Crippen molar-refractivity contribution in [2.24, 2.45) is 0 Å². The number of aromatic hydroxyl groups is 1. The molecule has 5 nitrogen and oxygen atoms in total. The van der Waals surface area contributed by atoms with E-state index in [-0.39, 0.29) is 10.8 Å². The third kappa shape index (κ3) is 6.88. The number of nitrogens with zero attached hydrogens (tertiary/aromatic N) is 1. The van der Waals surface area contributed by atoms with Crippen LogP contribution in [-0.2, 0) is 23.8 Å². The lowest BCUT2D eigenvalue weighted by Crippen LogP contribution is -2.21. The summed E-state index contributed by atoms with van der Waals surface area (Å²) in [5.41, 5.74) is 4.39. The number of aromatic nitrogens is 1. The van der Waals surface area contributed by atoms with Gasteiger partial charge in [0.15, 0.2) is 0 Å². The van der Waals surface area contributed by atoms with Crippen molar-refractivity contribution < 1.29 is 14.3 Å². The maximum absolute atomic E-state index is 11.0. The number of aryl methyl sites for hydroxylation is 1. The minimum Gasteiger partial charge on any atom is -0.507 e. The molecule has 0 bridgehead atoms. The molecule has 2 aromatic carbocycles. The highest BCUT2D eigenvalue weighted by atomic mass is 16.5. The maximum Gasteiger partial charge on any atom is 0.226 e. The molecule has 0 spiro atoms. The number of oxazole rings is 1. The third-order valence-corrected chi connectivity index (χ3v) is 6.11. The molecule has 0 unspecified atom stereocenters. The summed E-state index contributed by atoms with van der Waals surface area (Å²) in [5.74, 6) is 2.58. The van der Waals surface area contributed by atoms with E-state index in [1.807, 2.05) is 31.2 Å². The van der Waals surface area contributed by atoms with E-state index in [0.29, 0.717) is 30.7 Å². The largest absolute Gasteiger partial charge is 0.507 e. The van der Waals surface area contributed by atoms with Crippen LogP contribution in [0.3, 0.4) is 0 Å². The van der Waals surface area contributed by atoms with E-state index in [0.717, 1.165) is 40.4 Å². The van der Waals surface area contributed by atoms with Gasteiger partial charge in [0.25, 0.3) is 0 Å². The lowest BCUT2D eigenvalue weighted by atomic mass is 9.78. The van der Waals surface area contributed by atoms with Crippen molar-refractivity contribution in [3.05, 3.63) is 64.5 Å². The van der Waals surface area contributed by atoms with Crippen LogP contribution in [0.15, 0.2) is 40.8 Å². The smallest absolute Gasteiger partial charge is 0.226 e. The zero-order valence-electron chi connectivity index (χ0n) is 22.9. The average molecular weight is 479 g/mol. The zero-order valence-corrected chi connectivity index (χ0v) is 22.9. The second-order valence-corrected chi connectivity index (χ2v) is 11.7. The van der Waals surface area contributed by atoms with Gasteiger partial charge in [-0.3, -0.25) is 0 Å². The first kappa shape index (κ1) is 26.8. The average Bonchev–Trinajstić information content (AvgIpc) is 3.12. The first-order valence-electron chi connectivity index (χ1n) is 12.6. The van der Waals surface area contributed by atoms with Gasteiger partial charge in [-0.1, -0.05) is 67.5 Å². The number of benzene rings is 2. The quantitative estimate of drug-likeness (QED) is 0.362. The van der Waals surface area contributed by atoms with Crippen molar-refractivity contribution in [1.82, 2.24) is 10.3 Å². The molecule has 0 saturated carbocycles. The molecule has 0 saturated heterocycles. The number of hydrogen-bond acceptors (Lipinski definition) is 5. The Morgan fingerprint density at radius 1 is 0.971 bits per heavy atom. The van der Waals surface area contributed by atoms with Gasteiger partial charge < -0.3 is 19.6 Å². The minimum absolute atomic E-state index is 0.210. The number of phenols is 1. The number of nitrogens with one attached hydrogen (secondary N) is 1. The van der Waals surface area contributed by atoms with Gasteiger partial charge in [-0.2, -0.15) is 0 Å². The highest BCUT2D eigenvalue weighted by Crippen LogP contribution is 2.42. The Labute approximate surface area is 210 Å². The molecule has 0 fully saturated rings. The van der Waals surface area contributed by atoms with Gasteiger partial charge >= 0.3 is 0 Å². The minimum atomic E-state index is -0.210. The molecular formula is C30H42N2O3. The van der Waals surface area contributed by atoms with Crippen LogP contribution in [0.5, 0.6) is 11.5 Å². The summed E-state index contributed by atoms with van der Waals surface area (Å²) in [6.07, 6.45) is 0.655. The maximum atomic E-state index is 11.0. The number of rotatable bonds is 8. The molecule has 5 heteroatoms. The number of ether oxygens (including phenoxy) is 1.